The molecule has 86 valence electrons. The predicted octanol–water partition coefficient (Wildman–Crippen LogP) is 2.93. The minimum Gasteiger partial charge on any atom is -0.395 e. The number of hydrogen-bond donors (Lipinski definition) is 1. The molecule has 1 heterocycles. The second-order valence-electron chi connectivity index (χ2n) is 4.05. The van der Waals surface area contributed by atoms with Gasteiger partial charge in [-0.1, -0.05) is 18.2 Å². The summed E-state index contributed by atoms with van der Waals surface area (Å²) < 4.78 is 15.3. The number of aliphatic hydroxyl groups is 1. The Morgan fingerprint density at radius 1 is 1.00 bits per heavy atom. The van der Waals surface area contributed by atoms with Crippen LogP contribution in [0.2, 0.25) is 0 Å². The highest BCUT2D eigenvalue weighted by Crippen LogP contribution is 2.29. The fraction of sp³-hybridized carbons (Fsp3) is 0.143. The van der Waals surface area contributed by atoms with Crippen LogP contribution in [0.5, 0.6) is 0 Å². The van der Waals surface area contributed by atoms with Crippen molar-refractivity contribution in [1.29, 1.82) is 0 Å². The van der Waals surface area contributed by atoms with Gasteiger partial charge in [-0.15, -0.1) is 0 Å². The van der Waals surface area contributed by atoms with E-state index in [9.17, 15) is 4.39 Å². The highest BCUT2D eigenvalue weighted by Gasteiger charge is 2.09. The van der Waals surface area contributed by atoms with Gasteiger partial charge in [-0.2, -0.15) is 0 Å². The van der Waals surface area contributed by atoms with E-state index in [1.165, 1.54) is 6.07 Å². The Hall–Kier alpha value is -1.87. The smallest absolute Gasteiger partial charge is 0.123 e. The van der Waals surface area contributed by atoms with E-state index in [1.807, 2.05) is 28.8 Å². The molecule has 1 N–H and O–H groups in total. The zero-order valence-electron chi connectivity index (χ0n) is 9.23. The number of fused-ring (bicyclic) bond motifs is 3. The van der Waals surface area contributed by atoms with Crippen molar-refractivity contribution in [1.82, 2.24) is 4.57 Å². The molecule has 3 rings (SSSR count). The third kappa shape index (κ3) is 1.51. The monoisotopic (exact) mass is 229 g/mol. The number of aliphatic hydroxyl groups excluding tert-OH is 1. The number of hydrogen-bond acceptors (Lipinski definition) is 1. The summed E-state index contributed by atoms with van der Waals surface area (Å²) in [6, 6.07) is 12.6. The molecule has 0 atom stereocenters. The molecule has 0 aliphatic carbocycles. The van der Waals surface area contributed by atoms with E-state index in [0.29, 0.717) is 6.54 Å². The first-order valence-corrected chi connectivity index (χ1v) is 5.58. The molecule has 3 aromatic rings. The SMILES string of the molecule is OCCn1c2ccccc2c2cc(F)ccc21. The van der Waals surface area contributed by atoms with Crippen LogP contribution in [0.25, 0.3) is 21.8 Å². The highest BCUT2D eigenvalue weighted by molar-refractivity contribution is 6.07. The molecule has 0 unspecified atom stereocenters. The molecule has 2 nitrogen and oxygen atoms in total. The molecule has 3 heteroatoms. The second kappa shape index (κ2) is 3.86. The molecule has 0 saturated heterocycles. The summed E-state index contributed by atoms with van der Waals surface area (Å²) in [7, 11) is 0. The Labute approximate surface area is 97.9 Å². The number of rotatable bonds is 2. The molecule has 0 spiro atoms. The van der Waals surface area contributed by atoms with Crippen molar-refractivity contribution >= 4 is 21.8 Å². The quantitative estimate of drug-likeness (QED) is 0.718. The maximum absolute atomic E-state index is 13.3. The van der Waals surface area contributed by atoms with Crippen molar-refractivity contribution in [2.45, 2.75) is 6.54 Å². The molecule has 0 amide bonds. The Bertz CT molecular complexity index is 687. The van der Waals surface area contributed by atoms with E-state index in [1.54, 1.807) is 12.1 Å². The van der Waals surface area contributed by atoms with E-state index in [0.717, 1.165) is 21.8 Å². The first-order chi connectivity index (χ1) is 8.31. The Balaban J connectivity index is 2.48. The van der Waals surface area contributed by atoms with Crippen LogP contribution in [0.15, 0.2) is 42.5 Å². The van der Waals surface area contributed by atoms with Crippen LogP contribution in [0.3, 0.4) is 0 Å². The molecule has 0 saturated carbocycles. The van der Waals surface area contributed by atoms with E-state index in [-0.39, 0.29) is 12.4 Å². The lowest BCUT2D eigenvalue weighted by Gasteiger charge is -2.04. The zero-order chi connectivity index (χ0) is 11.8. The predicted molar refractivity (Wildman–Crippen MR) is 66.5 cm³/mol. The number of halogens is 1. The first kappa shape index (κ1) is 10.3. The Kier molecular flexibility index (Phi) is 2.34. The molecule has 0 fully saturated rings. The largest absolute Gasteiger partial charge is 0.395 e. The maximum Gasteiger partial charge on any atom is 0.123 e. The molecule has 17 heavy (non-hydrogen) atoms. The van der Waals surface area contributed by atoms with Crippen LogP contribution >= 0.6 is 0 Å². The minimum absolute atomic E-state index is 0.0746. The van der Waals surface area contributed by atoms with Gasteiger partial charge in [0.25, 0.3) is 0 Å². The van der Waals surface area contributed by atoms with Gasteiger partial charge in [0.2, 0.25) is 0 Å². The van der Waals surface area contributed by atoms with E-state index >= 15 is 0 Å². The fourth-order valence-corrected chi connectivity index (χ4v) is 2.37. The zero-order valence-corrected chi connectivity index (χ0v) is 9.23. The summed E-state index contributed by atoms with van der Waals surface area (Å²) in [5.74, 6) is -0.232. The van der Waals surface area contributed by atoms with Crippen LogP contribution < -0.4 is 0 Å². The molecule has 2 aromatic carbocycles. The fourth-order valence-electron chi connectivity index (χ4n) is 2.37. The molecule has 0 aliphatic rings. The summed E-state index contributed by atoms with van der Waals surface area (Å²) >= 11 is 0. The molecule has 1 aromatic heterocycles. The first-order valence-electron chi connectivity index (χ1n) is 5.58. The van der Waals surface area contributed by atoms with E-state index in [4.69, 9.17) is 5.11 Å². The number of para-hydroxylation sites is 1. The number of aromatic nitrogens is 1. The second-order valence-corrected chi connectivity index (χ2v) is 4.05. The Morgan fingerprint density at radius 3 is 2.59 bits per heavy atom. The van der Waals surface area contributed by atoms with Gasteiger partial charge in [0.15, 0.2) is 0 Å². The van der Waals surface area contributed by atoms with Crippen LogP contribution in [0.4, 0.5) is 4.39 Å². The summed E-state index contributed by atoms with van der Waals surface area (Å²) in [6.07, 6.45) is 0. The van der Waals surface area contributed by atoms with Crippen molar-refractivity contribution in [3.63, 3.8) is 0 Å². The van der Waals surface area contributed by atoms with Gasteiger partial charge in [-0.3, -0.25) is 0 Å². The highest BCUT2D eigenvalue weighted by atomic mass is 19.1. The van der Waals surface area contributed by atoms with Crippen LogP contribution in [0.1, 0.15) is 0 Å². The summed E-state index contributed by atoms with van der Waals surface area (Å²) in [4.78, 5) is 0. The van der Waals surface area contributed by atoms with Gasteiger partial charge >= 0.3 is 0 Å². The molecular formula is C14H12FNO. The third-order valence-electron chi connectivity index (χ3n) is 3.06. The topological polar surface area (TPSA) is 25.2 Å². The normalized spacial score (nSPS) is 11.4. The number of nitrogens with zero attached hydrogens (tertiary/aromatic N) is 1. The molecule has 0 radical (unpaired) electrons. The number of benzene rings is 2. The standard InChI is InChI=1S/C14H12FNO/c15-10-5-6-14-12(9-10)11-3-1-2-4-13(11)16(14)7-8-17/h1-6,9,17H,7-8H2. The van der Waals surface area contributed by atoms with E-state index < -0.39 is 0 Å². The van der Waals surface area contributed by atoms with Crippen LogP contribution in [-0.4, -0.2) is 16.3 Å². The van der Waals surface area contributed by atoms with Crippen LogP contribution in [0, 0.1) is 5.82 Å². The van der Waals surface area contributed by atoms with Gasteiger partial charge < -0.3 is 9.67 Å². The Morgan fingerprint density at radius 2 is 1.76 bits per heavy atom. The van der Waals surface area contributed by atoms with Crippen molar-refractivity contribution in [2.24, 2.45) is 0 Å². The van der Waals surface area contributed by atoms with Crippen molar-refractivity contribution in [2.75, 3.05) is 6.61 Å². The van der Waals surface area contributed by atoms with Gasteiger partial charge in [-0.05, 0) is 24.3 Å². The van der Waals surface area contributed by atoms with Gasteiger partial charge in [-0.25, -0.2) is 4.39 Å². The van der Waals surface area contributed by atoms with Crippen molar-refractivity contribution in [3.05, 3.63) is 48.3 Å². The average Bonchev–Trinajstić information content (AvgIpc) is 2.65. The van der Waals surface area contributed by atoms with Gasteiger partial charge in [0.1, 0.15) is 5.82 Å². The molecular weight excluding hydrogens is 217 g/mol. The lowest BCUT2D eigenvalue weighted by Crippen LogP contribution is -2.01. The summed E-state index contributed by atoms with van der Waals surface area (Å²) in [5, 5.41) is 11.0. The molecule has 0 aliphatic heterocycles. The van der Waals surface area contributed by atoms with E-state index in [2.05, 4.69) is 0 Å². The van der Waals surface area contributed by atoms with Gasteiger partial charge in [0.05, 0.1) is 6.61 Å². The lowest BCUT2D eigenvalue weighted by atomic mass is 10.1. The lowest BCUT2D eigenvalue weighted by molar-refractivity contribution is 0.280. The maximum atomic E-state index is 13.3. The summed E-state index contributed by atoms with van der Waals surface area (Å²) in [6.45, 7) is 0.598. The van der Waals surface area contributed by atoms with Gasteiger partial charge in [0, 0.05) is 28.4 Å². The average molecular weight is 229 g/mol. The summed E-state index contributed by atoms with van der Waals surface area (Å²) in [5.41, 5.74) is 1.99. The van der Waals surface area contributed by atoms with Crippen molar-refractivity contribution < 1.29 is 9.50 Å². The minimum atomic E-state index is -0.232. The van der Waals surface area contributed by atoms with Crippen LogP contribution in [-0.2, 0) is 6.54 Å². The third-order valence-corrected chi connectivity index (χ3v) is 3.06. The van der Waals surface area contributed by atoms with Crippen molar-refractivity contribution in [3.8, 4) is 0 Å². The molecule has 0 bridgehead atoms.